The van der Waals surface area contributed by atoms with E-state index >= 15 is 0 Å². The molecule has 0 aromatic rings. The first kappa shape index (κ1) is 23.6. The zero-order valence-corrected chi connectivity index (χ0v) is 21.4. The Hall–Kier alpha value is -0.530. The molecule has 0 aromatic carbocycles. The van der Waals surface area contributed by atoms with Crippen molar-refractivity contribution in [1.29, 1.82) is 0 Å². The standard InChI is InChI=1S/C29H50O2/c1-19(2)8-7-9-20(3)25-12-13-26-24-11-10-22-18-23(31-21(4)30)14-16-28(22,5)27(24)15-17-29(25,26)6/h19-20,22-27H,7-18H2,1-6H3/t20-,22?,23+,24+,25-,26+,27?,28+,29-/m1/s1. The van der Waals surface area contributed by atoms with E-state index in [9.17, 15) is 4.79 Å². The summed E-state index contributed by atoms with van der Waals surface area (Å²) >= 11 is 0. The molecule has 4 aliphatic carbocycles. The number of esters is 1. The highest BCUT2D eigenvalue weighted by molar-refractivity contribution is 5.66. The van der Waals surface area contributed by atoms with Gasteiger partial charge in [0.1, 0.15) is 6.10 Å². The summed E-state index contributed by atoms with van der Waals surface area (Å²) in [4.78, 5) is 11.5. The van der Waals surface area contributed by atoms with Gasteiger partial charge in [0, 0.05) is 6.92 Å². The van der Waals surface area contributed by atoms with E-state index in [1.807, 2.05) is 0 Å². The van der Waals surface area contributed by atoms with E-state index in [0.29, 0.717) is 10.8 Å². The van der Waals surface area contributed by atoms with Crippen LogP contribution in [0.25, 0.3) is 0 Å². The summed E-state index contributed by atoms with van der Waals surface area (Å²) < 4.78 is 5.65. The van der Waals surface area contributed by atoms with E-state index in [4.69, 9.17) is 4.74 Å². The van der Waals surface area contributed by atoms with Crippen molar-refractivity contribution >= 4 is 5.97 Å². The summed E-state index contributed by atoms with van der Waals surface area (Å²) in [6, 6.07) is 0. The largest absolute Gasteiger partial charge is 0.463 e. The molecular formula is C29H50O2. The number of hydrogen-bond acceptors (Lipinski definition) is 2. The Morgan fingerprint density at radius 2 is 1.61 bits per heavy atom. The smallest absolute Gasteiger partial charge is 0.302 e. The van der Waals surface area contributed by atoms with Gasteiger partial charge in [0.25, 0.3) is 0 Å². The normalized spacial score (nSPS) is 45.5. The molecule has 31 heavy (non-hydrogen) atoms. The van der Waals surface area contributed by atoms with Crippen molar-refractivity contribution in [3.63, 3.8) is 0 Å². The number of carbonyl (C=O) groups is 1. The average Bonchev–Trinajstić information content (AvgIpc) is 3.05. The third-order valence-corrected chi connectivity index (χ3v) is 11.2. The number of fused-ring (bicyclic) bond motifs is 5. The van der Waals surface area contributed by atoms with Crippen molar-refractivity contribution < 1.29 is 9.53 Å². The highest BCUT2D eigenvalue weighted by Gasteiger charge is 2.60. The number of rotatable bonds is 6. The van der Waals surface area contributed by atoms with Crippen molar-refractivity contribution in [3.8, 4) is 0 Å². The molecule has 0 aliphatic heterocycles. The van der Waals surface area contributed by atoms with Gasteiger partial charge in [-0.3, -0.25) is 4.79 Å². The summed E-state index contributed by atoms with van der Waals surface area (Å²) in [5.41, 5.74) is 1.08. The maximum Gasteiger partial charge on any atom is 0.302 e. The molecule has 178 valence electrons. The van der Waals surface area contributed by atoms with Gasteiger partial charge in [-0.1, -0.05) is 53.9 Å². The van der Waals surface area contributed by atoms with Crippen molar-refractivity contribution in [2.75, 3.05) is 0 Å². The van der Waals surface area contributed by atoms with Crippen LogP contribution in [-0.4, -0.2) is 12.1 Å². The van der Waals surface area contributed by atoms with Gasteiger partial charge in [0.05, 0.1) is 0 Å². The number of ether oxygens (including phenoxy) is 1. The molecular weight excluding hydrogens is 380 g/mol. The van der Waals surface area contributed by atoms with Crippen molar-refractivity contribution in [2.45, 2.75) is 125 Å². The Labute approximate surface area is 192 Å². The second-order valence-corrected chi connectivity index (χ2v) is 13.2. The highest BCUT2D eigenvalue weighted by atomic mass is 16.5. The monoisotopic (exact) mass is 430 g/mol. The van der Waals surface area contributed by atoms with E-state index < -0.39 is 0 Å². The topological polar surface area (TPSA) is 26.3 Å². The van der Waals surface area contributed by atoms with Crippen LogP contribution in [0.3, 0.4) is 0 Å². The van der Waals surface area contributed by atoms with Crippen LogP contribution in [-0.2, 0) is 9.53 Å². The van der Waals surface area contributed by atoms with E-state index in [1.165, 1.54) is 64.2 Å². The number of hydrogen-bond donors (Lipinski definition) is 0. The zero-order valence-electron chi connectivity index (χ0n) is 21.4. The van der Waals surface area contributed by atoms with Crippen LogP contribution in [0.15, 0.2) is 0 Å². The van der Waals surface area contributed by atoms with Crippen molar-refractivity contribution in [1.82, 2.24) is 0 Å². The molecule has 4 aliphatic rings. The lowest BCUT2D eigenvalue weighted by Crippen LogP contribution is -2.54. The Bertz CT molecular complexity index is 641. The summed E-state index contributed by atoms with van der Waals surface area (Å²) in [6.07, 6.45) is 16.6. The second kappa shape index (κ2) is 9.02. The Kier molecular flexibility index (Phi) is 6.87. The third-order valence-electron chi connectivity index (χ3n) is 11.2. The molecule has 0 saturated heterocycles. The van der Waals surface area contributed by atoms with Crippen LogP contribution in [0.5, 0.6) is 0 Å². The Morgan fingerprint density at radius 3 is 2.32 bits per heavy atom. The lowest BCUT2D eigenvalue weighted by Gasteiger charge is -2.61. The molecule has 2 heteroatoms. The SMILES string of the molecule is CC(=O)O[C@H]1CC[C@@]2(C)C(CC[C@@H]3C2CC[C@]2(C)[C@@H]([C@H](C)CCCC(C)C)CC[C@@H]32)C1. The summed E-state index contributed by atoms with van der Waals surface area (Å²) in [7, 11) is 0. The predicted octanol–water partition coefficient (Wildman–Crippen LogP) is 8.04. The van der Waals surface area contributed by atoms with Gasteiger partial charge < -0.3 is 4.74 Å². The number of carbonyl (C=O) groups excluding carboxylic acids is 1. The Balaban J connectivity index is 1.43. The van der Waals surface area contributed by atoms with E-state index in [-0.39, 0.29) is 12.1 Å². The highest BCUT2D eigenvalue weighted by Crippen LogP contribution is 2.68. The molecule has 0 aromatic heterocycles. The first-order chi connectivity index (χ1) is 14.6. The molecule has 0 radical (unpaired) electrons. The van der Waals surface area contributed by atoms with E-state index in [2.05, 4.69) is 34.6 Å². The van der Waals surface area contributed by atoms with E-state index in [1.54, 1.807) is 6.92 Å². The van der Waals surface area contributed by atoms with Gasteiger partial charge >= 0.3 is 5.97 Å². The summed E-state index contributed by atoms with van der Waals surface area (Å²) in [6.45, 7) is 14.2. The molecule has 4 fully saturated rings. The molecule has 0 N–H and O–H groups in total. The molecule has 0 amide bonds. The minimum absolute atomic E-state index is 0.0877. The maximum absolute atomic E-state index is 11.5. The van der Waals surface area contributed by atoms with Crippen LogP contribution >= 0.6 is 0 Å². The van der Waals surface area contributed by atoms with Gasteiger partial charge in [-0.25, -0.2) is 0 Å². The van der Waals surface area contributed by atoms with Crippen LogP contribution in [0.4, 0.5) is 0 Å². The van der Waals surface area contributed by atoms with Gasteiger partial charge in [0.2, 0.25) is 0 Å². The minimum Gasteiger partial charge on any atom is -0.463 e. The van der Waals surface area contributed by atoms with Gasteiger partial charge in [-0.2, -0.15) is 0 Å². The first-order valence-electron chi connectivity index (χ1n) is 13.8. The minimum atomic E-state index is -0.0877. The average molecular weight is 431 g/mol. The quantitative estimate of drug-likeness (QED) is 0.398. The summed E-state index contributed by atoms with van der Waals surface area (Å²) in [5.74, 6) is 6.22. The molecule has 2 unspecified atom stereocenters. The van der Waals surface area contributed by atoms with Crippen LogP contribution < -0.4 is 0 Å². The fourth-order valence-electron chi connectivity index (χ4n) is 9.59. The van der Waals surface area contributed by atoms with Gasteiger partial charge in [0.15, 0.2) is 0 Å². The lowest BCUT2D eigenvalue weighted by molar-refractivity contribution is -0.160. The van der Waals surface area contributed by atoms with Gasteiger partial charge in [-0.15, -0.1) is 0 Å². The van der Waals surface area contributed by atoms with E-state index in [0.717, 1.165) is 54.3 Å². The molecule has 4 saturated carbocycles. The molecule has 9 atom stereocenters. The molecule has 2 nitrogen and oxygen atoms in total. The summed E-state index contributed by atoms with van der Waals surface area (Å²) in [5, 5.41) is 0. The van der Waals surface area contributed by atoms with Crippen LogP contribution in [0, 0.1) is 52.3 Å². The maximum atomic E-state index is 11.5. The van der Waals surface area contributed by atoms with Crippen molar-refractivity contribution in [3.05, 3.63) is 0 Å². The fraction of sp³-hybridized carbons (Fsp3) is 0.966. The van der Waals surface area contributed by atoms with Crippen LogP contribution in [0.2, 0.25) is 0 Å². The first-order valence-corrected chi connectivity index (χ1v) is 13.8. The molecule has 0 bridgehead atoms. The molecule has 0 spiro atoms. The third kappa shape index (κ3) is 4.35. The molecule has 4 rings (SSSR count). The Morgan fingerprint density at radius 1 is 0.903 bits per heavy atom. The zero-order chi connectivity index (χ0) is 22.4. The van der Waals surface area contributed by atoms with Gasteiger partial charge in [-0.05, 0) is 110 Å². The molecule has 0 heterocycles. The van der Waals surface area contributed by atoms with Crippen molar-refractivity contribution in [2.24, 2.45) is 52.3 Å². The lowest BCUT2D eigenvalue weighted by atomic mass is 9.44. The predicted molar refractivity (Wildman–Crippen MR) is 129 cm³/mol. The fourth-order valence-corrected chi connectivity index (χ4v) is 9.59. The second-order valence-electron chi connectivity index (χ2n) is 13.2. The van der Waals surface area contributed by atoms with Crippen LogP contribution in [0.1, 0.15) is 119 Å².